The van der Waals surface area contributed by atoms with E-state index in [4.69, 9.17) is 0 Å². The Morgan fingerprint density at radius 3 is 2.44 bits per heavy atom. The third kappa shape index (κ3) is 3.62. The van der Waals surface area contributed by atoms with Gasteiger partial charge in [0.15, 0.2) is 0 Å². The van der Waals surface area contributed by atoms with Gasteiger partial charge in [-0.2, -0.15) is 0 Å². The molecule has 90 valence electrons. The van der Waals surface area contributed by atoms with Crippen LogP contribution >= 0.6 is 0 Å². The molecule has 0 aromatic heterocycles. The molecule has 1 heteroatoms. The quantitative estimate of drug-likeness (QED) is 0.672. The molecule has 2 aliphatic rings. The number of rotatable bonds is 2. The number of carbonyl (C=O) groups excluding carboxylic acids is 1. The van der Waals surface area contributed by atoms with Crippen molar-refractivity contribution in [2.75, 3.05) is 0 Å². The van der Waals surface area contributed by atoms with E-state index in [0.29, 0.717) is 11.7 Å². The summed E-state index contributed by atoms with van der Waals surface area (Å²) in [6, 6.07) is 0. The van der Waals surface area contributed by atoms with E-state index in [1.54, 1.807) is 0 Å². The lowest BCUT2D eigenvalue weighted by Gasteiger charge is -2.15. The Hall–Kier alpha value is -0.850. The highest BCUT2D eigenvalue weighted by atomic mass is 16.1. The highest BCUT2D eigenvalue weighted by molar-refractivity contribution is 5.83. The lowest BCUT2D eigenvalue weighted by atomic mass is 9.90. The van der Waals surface area contributed by atoms with Crippen LogP contribution in [-0.2, 0) is 4.79 Å². The van der Waals surface area contributed by atoms with E-state index in [1.165, 1.54) is 24.0 Å². The predicted molar refractivity (Wildman–Crippen MR) is 69.4 cm³/mol. The van der Waals surface area contributed by atoms with Crippen LogP contribution in [0, 0.1) is 5.92 Å². The number of allylic oxidation sites excluding steroid dienone is 4. The van der Waals surface area contributed by atoms with E-state index in [-0.39, 0.29) is 0 Å². The van der Waals surface area contributed by atoms with Crippen LogP contribution in [0.2, 0.25) is 0 Å². The van der Waals surface area contributed by atoms with Gasteiger partial charge in [-0.05, 0) is 39.0 Å². The summed E-state index contributed by atoms with van der Waals surface area (Å²) in [6.07, 6.45) is 10.9. The van der Waals surface area contributed by atoms with Crippen LogP contribution < -0.4 is 0 Å². The predicted octanol–water partition coefficient (Wildman–Crippen LogP) is 4.44. The minimum Gasteiger partial charge on any atom is -0.299 e. The third-order valence-corrected chi connectivity index (χ3v) is 3.38. The standard InChI is InChI=1S/C13H18O.C2H6/c1-10-5-7-11(8-6-10)9-12-3-2-4-13(12)14;1-2/h5,7,12H,2-4,6,8-9H2,1H3;1-2H3. The molecule has 0 radical (unpaired) electrons. The fourth-order valence-electron chi connectivity index (χ4n) is 2.37. The normalized spacial score (nSPS) is 24.4. The molecule has 16 heavy (non-hydrogen) atoms. The van der Waals surface area contributed by atoms with Gasteiger partial charge in [-0.3, -0.25) is 4.79 Å². The van der Waals surface area contributed by atoms with Gasteiger partial charge < -0.3 is 0 Å². The molecule has 0 bridgehead atoms. The maximum Gasteiger partial charge on any atom is 0.136 e. The van der Waals surface area contributed by atoms with Gasteiger partial charge in [0, 0.05) is 12.3 Å². The van der Waals surface area contributed by atoms with Crippen molar-refractivity contribution in [2.45, 2.75) is 59.3 Å². The van der Waals surface area contributed by atoms with E-state index in [2.05, 4.69) is 19.1 Å². The van der Waals surface area contributed by atoms with E-state index in [0.717, 1.165) is 25.7 Å². The zero-order valence-corrected chi connectivity index (χ0v) is 10.9. The number of ketones is 1. The summed E-state index contributed by atoms with van der Waals surface area (Å²) in [5, 5.41) is 0. The third-order valence-electron chi connectivity index (χ3n) is 3.38. The Morgan fingerprint density at radius 2 is 1.94 bits per heavy atom. The van der Waals surface area contributed by atoms with Crippen LogP contribution in [0.25, 0.3) is 0 Å². The van der Waals surface area contributed by atoms with Crippen molar-refractivity contribution in [2.24, 2.45) is 5.92 Å². The summed E-state index contributed by atoms with van der Waals surface area (Å²) in [6.45, 7) is 6.17. The number of hydrogen-bond acceptors (Lipinski definition) is 1. The van der Waals surface area contributed by atoms with Crippen molar-refractivity contribution >= 4 is 5.78 Å². The van der Waals surface area contributed by atoms with Crippen molar-refractivity contribution in [3.63, 3.8) is 0 Å². The average molecular weight is 220 g/mol. The molecule has 1 unspecified atom stereocenters. The Labute approximate surface area is 99.6 Å². The molecular formula is C15H24O. The zero-order valence-electron chi connectivity index (χ0n) is 10.9. The molecule has 0 N–H and O–H groups in total. The molecule has 2 aliphatic carbocycles. The second kappa shape index (κ2) is 6.67. The first-order valence-electron chi connectivity index (χ1n) is 6.63. The van der Waals surface area contributed by atoms with Gasteiger partial charge in [0.05, 0.1) is 0 Å². The molecular weight excluding hydrogens is 196 g/mol. The smallest absolute Gasteiger partial charge is 0.136 e. The van der Waals surface area contributed by atoms with E-state index in [9.17, 15) is 4.79 Å². The van der Waals surface area contributed by atoms with Gasteiger partial charge in [-0.25, -0.2) is 0 Å². The topological polar surface area (TPSA) is 17.1 Å². The first-order valence-corrected chi connectivity index (χ1v) is 6.63. The Bertz CT molecular complexity index is 297. The molecule has 0 saturated heterocycles. The lowest BCUT2D eigenvalue weighted by Crippen LogP contribution is -2.08. The second-order valence-electron chi connectivity index (χ2n) is 4.60. The van der Waals surface area contributed by atoms with Gasteiger partial charge in [-0.1, -0.05) is 37.1 Å². The fourth-order valence-corrected chi connectivity index (χ4v) is 2.37. The number of Topliss-reactive ketones (excluding diaryl/α,β-unsaturated/α-hetero) is 1. The molecule has 2 rings (SSSR count). The summed E-state index contributed by atoms with van der Waals surface area (Å²) in [5.41, 5.74) is 2.95. The molecule has 0 spiro atoms. The van der Waals surface area contributed by atoms with E-state index < -0.39 is 0 Å². The summed E-state index contributed by atoms with van der Waals surface area (Å²) in [4.78, 5) is 11.5. The maximum absolute atomic E-state index is 11.5. The molecule has 0 amide bonds. The van der Waals surface area contributed by atoms with Crippen molar-refractivity contribution in [3.05, 3.63) is 23.3 Å². The second-order valence-corrected chi connectivity index (χ2v) is 4.60. The minimum absolute atomic E-state index is 0.355. The summed E-state index contributed by atoms with van der Waals surface area (Å²) < 4.78 is 0. The van der Waals surface area contributed by atoms with Gasteiger partial charge in [0.1, 0.15) is 5.78 Å². The summed E-state index contributed by atoms with van der Waals surface area (Å²) >= 11 is 0. The molecule has 1 fully saturated rings. The number of hydrogen-bond donors (Lipinski definition) is 0. The molecule has 0 heterocycles. The molecule has 1 nitrogen and oxygen atoms in total. The monoisotopic (exact) mass is 220 g/mol. The first-order chi connectivity index (χ1) is 7.75. The van der Waals surface area contributed by atoms with E-state index >= 15 is 0 Å². The van der Waals surface area contributed by atoms with Crippen molar-refractivity contribution in [1.29, 1.82) is 0 Å². The van der Waals surface area contributed by atoms with Crippen LogP contribution in [0.1, 0.15) is 59.3 Å². The van der Waals surface area contributed by atoms with Crippen molar-refractivity contribution < 1.29 is 4.79 Å². The number of carbonyl (C=O) groups is 1. The molecule has 1 saturated carbocycles. The van der Waals surface area contributed by atoms with Crippen LogP contribution in [-0.4, -0.2) is 5.78 Å². The zero-order chi connectivity index (χ0) is 12.0. The van der Waals surface area contributed by atoms with Crippen molar-refractivity contribution in [3.8, 4) is 0 Å². The minimum atomic E-state index is 0.355. The van der Waals surface area contributed by atoms with Gasteiger partial charge in [0.25, 0.3) is 0 Å². The average Bonchev–Trinajstić information content (AvgIpc) is 2.71. The molecule has 1 atom stereocenters. The summed E-state index contributed by atoms with van der Waals surface area (Å²) in [7, 11) is 0. The van der Waals surface area contributed by atoms with Gasteiger partial charge >= 0.3 is 0 Å². The van der Waals surface area contributed by atoms with Crippen LogP contribution in [0.15, 0.2) is 23.3 Å². The first kappa shape index (κ1) is 13.2. The maximum atomic E-state index is 11.5. The van der Waals surface area contributed by atoms with E-state index in [1.807, 2.05) is 13.8 Å². The lowest BCUT2D eigenvalue weighted by molar-refractivity contribution is -0.120. The fraction of sp³-hybridized carbons (Fsp3) is 0.667. The Morgan fingerprint density at radius 1 is 1.19 bits per heavy atom. The molecule has 0 aliphatic heterocycles. The van der Waals surface area contributed by atoms with Crippen LogP contribution in [0.5, 0.6) is 0 Å². The highest BCUT2D eigenvalue weighted by Gasteiger charge is 2.25. The summed E-state index contributed by atoms with van der Waals surface area (Å²) in [5.74, 6) is 0.852. The Kier molecular flexibility index (Phi) is 5.51. The van der Waals surface area contributed by atoms with Gasteiger partial charge in [0.2, 0.25) is 0 Å². The molecule has 0 aromatic carbocycles. The van der Waals surface area contributed by atoms with Crippen LogP contribution in [0.4, 0.5) is 0 Å². The SMILES string of the molecule is CC.CC1=CC=C(CC2CCCC2=O)CC1. The molecule has 0 aromatic rings. The largest absolute Gasteiger partial charge is 0.299 e. The van der Waals surface area contributed by atoms with Crippen molar-refractivity contribution in [1.82, 2.24) is 0 Å². The van der Waals surface area contributed by atoms with Crippen LogP contribution in [0.3, 0.4) is 0 Å². The van der Waals surface area contributed by atoms with Gasteiger partial charge in [-0.15, -0.1) is 0 Å². The highest BCUT2D eigenvalue weighted by Crippen LogP contribution is 2.30. The Balaban J connectivity index is 0.000000606.